The van der Waals surface area contributed by atoms with Crippen molar-refractivity contribution in [3.8, 4) is 5.75 Å². The van der Waals surface area contributed by atoms with Gasteiger partial charge in [0.05, 0.1) is 18.4 Å². The van der Waals surface area contributed by atoms with Crippen LogP contribution >= 0.6 is 12.4 Å². The van der Waals surface area contributed by atoms with Gasteiger partial charge in [-0.2, -0.15) is 0 Å². The number of carbonyl (C=O) groups excluding carboxylic acids is 2. The van der Waals surface area contributed by atoms with Crippen molar-refractivity contribution >= 4 is 29.9 Å². The van der Waals surface area contributed by atoms with Gasteiger partial charge in [0.25, 0.3) is 5.91 Å². The summed E-state index contributed by atoms with van der Waals surface area (Å²) < 4.78 is 5.16. The average Bonchev–Trinajstić information content (AvgIpc) is 3.29. The first-order chi connectivity index (χ1) is 10.5. The average molecular weight is 342 g/mol. The van der Waals surface area contributed by atoms with Crippen molar-refractivity contribution in [1.29, 1.82) is 0 Å². The first-order valence-electron chi connectivity index (χ1n) is 7.54. The third-order valence-electron chi connectivity index (χ3n) is 3.48. The van der Waals surface area contributed by atoms with E-state index in [1.165, 1.54) is 0 Å². The fourth-order valence-corrected chi connectivity index (χ4v) is 2.01. The molecule has 7 heteroatoms. The summed E-state index contributed by atoms with van der Waals surface area (Å²) in [6.45, 7) is 1.86. The minimum Gasteiger partial charge on any atom is -0.497 e. The molecule has 23 heavy (non-hydrogen) atoms. The SMILES string of the molecule is COc1ccc(NC(=O)CCC(C)N)c(C(=O)NC2CC2)c1.Cl. The molecule has 0 aliphatic heterocycles. The number of benzene rings is 1. The third kappa shape index (κ3) is 6.08. The minimum absolute atomic E-state index is 0. The maximum absolute atomic E-state index is 12.3. The molecule has 0 spiro atoms. The molecule has 6 nitrogen and oxygen atoms in total. The van der Waals surface area contributed by atoms with Crippen LogP contribution in [0.2, 0.25) is 0 Å². The van der Waals surface area contributed by atoms with Gasteiger partial charge in [0.1, 0.15) is 5.75 Å². The Balaban J connectivity index is 0.00000264. The lowest BCUT2D eigenvalue weighted by molar-refractivity contribution is -0.116. The number of amides is 2. The molecule has 1 fully saturated rings. The van der Waals surface area contributed by atoms with E-state index in [-0.39, 0.29) is 36.3 Å². The molecule has 1 atom stereocenters. The quantitative estimate of drug-likeness (QED) is 0.707. The highest BCUT2D eigenvalue weighted by atomic mass is 35.5. The van der Waals surface area contributed by atoms with Gasteiger partial charge in [-0.3, -0.25) is 9.59 Å². The number of hydrogen-bond donors (Lipinski definition) is 3. The van der Waals surface area contributed by atoms with Crippen LogP contribution in [0.25, 0.3) is 0 Å². The number of halogens is 1. The fraction of sp³-hybridized carbons (Fsp3) is 0.500. The summed E-state index contributed by atoms with van der Waals surface area (Å²) in [7, 11) is 1.54. The van der Waals surface area contributed by atoms with Crippen LogP contribution in [-0.4, -0.2) is 31.0 Å². The maximum atomic E-state index is 12.3. The van der Waals surface area contributed by atoms with Crippen molar-refractivity contribution in [3.05, 3.63) is 23.8 Å². The number of nitrogens with one attached hydrogen (secondary N) is 2. The zero-order valence-corrected chi connectivity index (χ0v) is 14.2. The Morgan fingerprint density at radius 3 is 2.65 bits per heavy atom. The normalized spacial score (nSPS) is 14.4. The lowest BCUT2D eigenvalue weighted by Crippen LogP contribution is -2.27. The molecule has 0 saturated heterocycles. The van der Waals surface area contributed by atoms with Gasteiger partial charge in [-0.1, -0.05) is 0 Å². The van der Waals surface area contributed by atoms with Crippen LogP contribution in [0.1, 0.15) is 43.0 Å². The van der Waals surface area contributed by atoms with E-state index in [0.717, 1.165) is 12.8 Å². The Bertz CT molecular complexity index is 560. The van der Waals surface area contributed by atoms with Crippen LogP contribution in [-0.2, 0) is 4.79 Å². The molecule has 1 aliphatic rings. The Labute approximate surface area is 142 Å². The molecule has 4 N–H and O–H groups in total. The molecule has 1 saturated carbocycles. The summed E-state index contributed by atoms with van der Waals surface area (Å²) in [5.74, 6) is 0.237. The van der Waals surface area contributed by atoms with Crippen LogP contribution < -0.4 is 21.1 Å². The minimum atomic E-state index is -0.191. The van der Waals surface area contributed by atoms with E-state index in [9.17, 15) is 9.59 Å². The van der Waals surface area contributed by atoms with Crippen molar-refractivity contribution in [2.45, 2.75) is 44.7 Å². The van der Waals surface area contributed by atoms with Crippen LogP contribution in [0, 0.1) is 0 Å². The lowest BCUT2D eigenvalue weighted by Gasteiger charge is -2.13. The molecule has 1 aliphatic carbocycles. The van der Waals surface area contributed by atoms with Crippen molar-refractivity contribution in [1.82, 2.24) is 5.32 Å². The summed E-state index contributed by atoms with van der Waals surface area (Å²) >= 11 is 0. The van der Waals surface area contributed by atoms with Gasteiger partial charge in [0.2, 0.25) is 5.91 Å². The van der Waals surface area contributed by atoms with E-state index in [1.807, 2.05) is 6.92 Å². The first kappa shape index (κ1) is 19.3. The summed E-state index contributed by atoms with van der Waals surface area (Å²) in [6.07, 6.45) is 2.94. The number of methoxy groups -OCH3 is 1. The van der Waals surface area contributed by atoms with Gasteiger partial charge in [-0.15, -0.1) is 12.4 Å². The van der Waals surface area contributed by atoms with Crippen LogP contribution in [0.3, 0.4) is 0 Å². The van der Waals surface area contributed by atoms with E-state index in [4.69, 9.17) is 10.5 Å². The van der Waals surface area contributed by atoms with E-state index in [2.05, 4.69) is 10.6 Å². The third-order valence-corrected chi connectivity index (χ3v) is 3.48. The molecule has 0 heterocycles. The predicted octanol–water partition coefficient (Wildman–Crippen LogP) is 2.08. The number of rotatable bonds is 7. The van der Waals surface area contributed by atoms with E-state index in [1.54, 1.807) is 25.3 Å². The summed E-state index contributed by atoms with van der Waals surface area (Å²) in [5, 5.41) is 5.70. The summed E-state index contributed by atoms with van der Waals surface area (Å²) in [5.41, 5.74) is 6.56. The lowest BCUT2D eigenvalue weighted by atomic mass is 10.1. The highest BCUT2D eigenvalue weighted by Crippen LogP contribution is 2.25. The van der Waals surface area contributed by atoms with E-state index < -0.39 is 0 Å². The molecule has 1 unspecified atom stereocenters. The van der Waals surface area contributed by atoms with Gasteiger partial charge in [-0.05, 0) is 44.4 Å². The first-order valence-corrected chi connectivity index (χ1v) is 7.54. The molecular formula is C16H24ClN3O3. The van der Waals surface area contributed by atoms with E-state index in [0.29, 0.717) is 29.8 Å². The Morgan fingerprint density at radius 1 is 1.39 bits per heavy atom. The van der Waals surface area contributed by atoms with Crippen LogP contribution in [0.15, 0.2) is 18.2 Å². The zero-order valence-electron chi connectivity index (χ0n) is 13.4. The summed E-state index contributed by atoms with van der Waals surface area (Å²) in [6, 6.07) is 5.26. The van der Waals surface area contributed by atoms with Crippen LogP contribution in [0.5, 0.6) is 5.75 Å². The molecule has 1 aromatic carbocycles. The van der Waals surface area contributed by atoms with Gasteiger partial charge < -0.3 is 21.1 Å². The second kappa shape index (κ2) is 8.74. The van der Waals surface area contributed by atoms with Gasteiger partial charge in [0.15, 0.2) is 0 Å². The molecular weight excluding hydrogens is 318 g/mol. The molecule has 0 bridgehead atoms. The second-order valence-corrected chi connectivity index (χ2v) is 5.72. The van der Waals surface area contributed by atoms with Gasteiger partial charge in [-0.25, -0.2) is 0 Å². The topological polar surface area (TPSA) is 93.4 Å². The number of carbonyl (C=O) groups is 2. The molecule has 128 valence electrons. The Kier molecular flexibility index (Phi) is 7.32. The standard InChI is InChI=1S/C16H23N3O3.ClH/c1-10(17)3-8-15(20)19-14-7-6-12(22-2)9-13(14)16(21)18-11-4-5-11;/h6-7,9-11H,3-5,8,17H2,1-2H3,(H,18,21)(H,19,20);1H. The van der Waals surface area contributed by atoms with Gasteiger partial charge in [0, 0.05) is 18.5 Å². The number of hydrogen-bond acceptors (Lipinski definition) is 4. The Hall–Kier alpha value is -1.79. The van der Waals surface area contributed by atoms with Crippen LogP contribution in [0.4, 0.5) is 5.69 Å². The van der Waals surface area contributed by atoms with Crippen molar-refractivity contribution < 1.29 is 14.3 Å². The smallest absolute Gasteiger partial charge is 0.253 e. The van der Waals surface area contributed by atoms with Crippen molar-refractivity contribution in [3.63, 3.8) is 0 Å². The molecule has 1 aromatic rings. The zero-order chi connectivity index (χ0) is 16.1. The summed E-state index contributed by atoms with van der Waals surface area (Å²) in [4.78, 5) is 24.2. The Morgan fingerprint density at radius 2 is 2.09 bits per heavy atom. The van der Waals surface area contributed by atoms with Crippen molar-refractivity contribution in [2.24, 2.45) is 5.73 Å². The monoisotopic (exact) mass is 341 g/mol. The number of anilines is 1. The second-order valence-electron chi connectivity index (χ2n) is 5.72. The van der Waals surface area contributed by atoms with Gasteiger partial charge >= 0.3 is 0 Å². The molecule has 2 amide bonds. The highest BCUT2D eigenvalue weighted by molar-refractivity contribution is 6.04. The largest absolute Gasteiger partial charge is 0.497 e. The highest BCUT2D eigenvalue weighted by Gasteiger charge is 2.25. The molecule has 0 radical (unpaired) electrons. The maximum Gasteiger partial charge on any atom is 0.253 e. The molecule has 2 rings (SSSR count). The predicted molar refractivity (Wildman–Crippen MR) is 92.2 cm³/mol. The molecule has 0 aromatic heterocycles. The van der Waals surface area contributed by atoms with Crippen molar-refractivity contribution in [2.75, 3.05) is 12.4 Å². The number of ether oxygens (including phenoxy) is 1. The number of nitrogens with two attached hydrogens (primary N) is 1. The fourth-order valence-electron chi connectivity index (χ4n) is 2.01. The van der Waals surface area contributed by atoms with E-state index >= 15 is 0 Å².